The van der Waals surface area contributed by atoms with E-state index in [9.17, 15) is 9.36 Å². The quantitative estimate of drug-likeness (QED) is 0.276. The van der Waals surface area contributed by atoms with E-state index >= 15 is 0 Å². The van der Waals surface area contributed by atoms with E-state index in [1.807, 2.05) is 6.08 Å². The number of methoxy groups -OCH3 is 1. The maximum absolute atomic E-state index is 13.7. The Labute approximate surface area is 200 Å². The highest BCUT2D eigenvalue weighted by Gasteiger charge is 2.49. The molecule has 1 aromatic rings. The van der Waals surface area contributed by atoms with Gasteiger partial charge < -0.3 is 13.8 Å². The fourth-order valence-corrected chi connectivity index (χ4v) is 6.26. The molecule has 33 heavy (non-hydrogen) atoms. The van der Waals surface area contributed by atoms with Gasteiger partial charge in [-0.25, -0.2) is 0 Å². The van der Waals surface area contributed by atoms with Crippen molar-refractivity contribution in [2.24, 2.45) is 0 Å². The van der Waals surface area contributed by atoms with Crippen molar-refractivity contribution in [1.82, 2.24) is 0 Å². The maximum Gasteiger partial charge on any atom is 0.344 e. The van der Waals surface area contributed by atoms with Crippen LogP contribution in [-0.2, 0) is 36.7 Å². The van der Waals surface area contributed by atoms with Gasteiger partial charge in [0.2, 0.25) is 0 Å². The number of hydrogen-bond acceptors (Lipinski definition) is 5. The molecule has 186 valence electrons. The van der Waals surface area contributed by atoms with Crippen molar-refractivity contribution in [3.63, 3.8) is 0 Å². The summed E-state index contributed by atoms with van der Waals surface area (Å²) in [6.07, 6.45) is 6.95. The average molecular weight is 479 g/mol. The molecule has 0 fully saturated rings. The number of hydrogen-bond donors (Lipinski definition) is 0. The van der Waals surface area contributed by atoms with E-state index in [-0.39, 0.29) is 23.4 Å². The molecule has 0 N–H and O–H groups in total. The largest absolute Gasteiger partial charge is 0.496 e. The molecule has 1 aromatic carbocycles. The van der Waals surface area contributed by atoms with Crippen molar-refractivity contribution >= 4 is 19.5 Å². The molecule has 0 amide bonds. The molecule has 1 aliphatic carbocycles. The van der Waals surface area contributed by atoms with E-state index in [0.29, 0.717) is 0 Å². The standard InChI is InChI=1S/C27H43O5P/c1-18(2)31-33(29,32-19(3)4)27(8,9)24(28)16-15-20-17-23(26(5,6)7)25(30-10)22-14-12-11-13-21(20)22/h15-19H,11-14H2,1-10H3. The van der Waals surface area contributed by atoms with Crippen LogP contribution in [-0.4, -0.2) is 30.3 Å². The number of ketones is 1. The average Bonchev–Trinajstić information content (AvgIpc) is 2.69. The minimum atomic E-state index is -3.70. The fraction of sp³-hybridized carbons (Fsp3) is 0.667. The molecule has 5 nitrogen and oxygen atoms in total. The minimum absolute atomic E-state index is 0.102. The van der Waals surface area contributed by atoms with Crippen molar-refractivity contribution in [3.05, 3.63) is 34.4 Å². The molecular weight excluding hydrogens is 435 g/mol. The Balaban J connectivity index is 2.53. The zero-order valence-corrected chi connectivity index (χ0v) is 23.1. The van der Waals surface area contributed by atoms with Gasteiger partial charge in [-0.1, -0.05) is 26.8 Å². The van der Waals surface area contributed by atoms with E-state index in [1.54, 1.807) is 54.7 Å². The van der Waals surface area contributed by atoms with Crippen LogP contribution in [0.3, 0.4) is 0 Å². The van der Waals surface area contributed by atoms with Crippen LogP contribution in [0.4, 0.5) is 0 Å². The number of fused-ring (bicyclic) bond motifs is 1. The normalized spacial score (nSPS) is 15.4. The third-order valence-electron chi connectivity index (χ3n) is 6.05. The van der Waals surface area contributed by atoms with Crippen LogP contribution >= 0.6 is 7.60 Å². The first-order chi connectivity index (χ1) is 15.1. The van der Waals surface area contributed by atoms with Crippen LogP contribution in [0, 0.1) is 0 Å². The third-order valence-corrected chi connectivity index (χ3v) is 9.04. The smallest absolute Gasteiger partial charge is 0.344 e. The van der Waals surface area contributed by atoms with Crippen LogP contribution in [0.15, 0.2) is 12.1 Å². The highest BCUT2D eigenvalue weighted by molar-refractivity contribution is 7.56. The van der Waals surface area contributed by atoms with Gasteiger partial charge in [0, 0.05) is 5.56 Å². The SMILES string of the molecule is COc1c(C(C)(C)C)cc(C=CC(=O)C(C)(C)P(=O)(OC(C)C)OC(C)C)c2c1CCCC2. The van der Waals surface area contributed by atoms with Crippen molar-refractivity contribution < 1.29 is 23.1 Å². The van der Waals surface area contributed by atoms with Crippen molar-refractivity contribution in [2.75, 3.05) is 7.11 Å². The molecule has 0 bridgehead atoms. The number of allylic oxidation sites excluding steroid dienone is 1. The van der Waals surface area contributed by atoms with Crippen molar-refractivity contribution in [2.45, 2.75) is 111 Å². The van der Waals surface area contributed by atoms with Crippen molar-refractivity contribution in [1.29, 1.82) is 0 Å². The molecule has 0 aromatic heterocycles. The summed E-state index contributed by atoms with van der Waals surface area (Å²) in [5, 5.41) is -1.31. The van der Waals surface area contributed by atoms with Crippen molar-refractivity contribution in [3.8, 4) is 5.75 Å². The summed E-state index contributed by atoms with van der Waals surface area (Å²) in [6, 6.07) is 2.15. The van der Waals surface area contributed by atoms with E-state index in [1.165, 1.54) is 11.1 Å². The Hall–Kier alpha value is -1.42. The first-order valence-electron chi connectivity index (χ1n) is 12.1. The van der Waals surface area contributed by atoms with E-state index in [0.717, 1.165) is 42.6 Å². The number of carbonyl (C=O) groups excluding carboxylic acids is 1. The Bertz CT molecular complexity index is 921. The van der Waals surface area contributed by atoms with Crippen LogP contribution in [0.2, 0.25) is 0 Å². The fourth-order valence-electron chi connectivity index (χ4n) is 4.23. The number of carbonyl (C=O) groups is 1. The van der Waals surface area contributed by atoms with Gasteiger partial charge in [0.15, 0.2) is 5.78 Å². The van der Waals surface area contributed by atoms with Crippen LogP contribution in [0.5, 0.6) is 5.75 Å². The monoisotopic (exact) mass is 478 g/mol. The lowest BCUT2D eigenvalue weighted by atomic mass is 9.78. The molecular formula is C27H43O5P. The Morgan fingerprint density at radius 2 is 1.48 bits per heavy atom. The lowest BCUT2D eigenvalue weighted by Gasteiger charge is -2.33. The van der Waals surface area contributed by atoms with Gasteiger partial charge in [0.05, 0.1) is 19.3 Å². The second-order valence-electron chi connectivity index (χ2n) is 11.0. The van der Waals surface area contributed by atoms with E-state index in [2.05, 4.69) is 26.8 Å². The minimum Gasteiger partial charge on any atom is -0.496 e. The Morgan fingerprint density at radius 3 is 1.94 bits per heavy atom. The van der Waals surface area contributed by atoms with Gasteiger partial charge in [-0.05, 0) is 101 Å². The maximum atomic E-state index is 13.7. The van der Waals surface area contributed by atoms with Gasteiger partial charge >= 0.3 is 7.60 Å². The molecule has 1 aliphatic rings. The number of ether oxygens (including phenoxy) is 1. The molecule has 0 spiro atoms. The lowest BCUT2D eigenvalue weighted by molar-refractivity contribution is -0.116. The molecule has 0 atom stereocenters. The summed E-state index contributed by atoms with van der Waals surface area (Å²) in [6.45, 7) is 17.0. The van der Waals surface area contributed by atoms with Gasteiger partial charge in [-0.3, -0.25) is 9.36 Å². The molecule has 0 unspecified atom stereocenters. The number of benzene rings is 1. The first-order valence-corrected chi connectivity index (χ1v) is 13.6. The molecule has 0 saturated carbocycles. The highest BCUT2D eigenvalue weighted by atomic mass is 31.2. The zero-order chi connectivity index (χ0) is 25.2. The van der Waals surface area contributed by atoms with Gasteiger partial charge in [0.1, 0.15) is 10.9 Å². The topological polar surface area (TPSA) is 61.8 Å². The lowest BCUT2D eigenvalue weighted by Crippen LogP contribution is -2.34. The molecule has 2 rings (SSSR count). The Kier molecular flexibility index (Phi) is 8.82. The summed E-state index contributed by atoms with van der Waals surface area (Å²) in [5.41, 5.74) is 4.56. The second kappa shape index (κ2) is 10.5. The summed E-state index contributed by atoms with van der Waals surface area (Å²) >= 11 is 0. The number of rotatable bonds is 9. The second-order valence-corrected chi connectivity index (χ2v) is 13.6. The highest BCUT2D eigenvalue weighted by Crippen LogP contribution is 2.62. The van der Waals surface area contributed by atoms with Gasteiger partial charge in [-0.15, -0.1) is 0 Å². The summed E-state index contributed by atoms with van der Waals surface area (Å²) in [7, 11) is -1.97. The summed E-state index contributed by atoms with van der Waals surface area (Å²) < 4.78 is 31.0. The predicted octanol–water partition coefficient (Wildman–Crippen LogP) is 7.28. The first kappa shape index (κ1) is 27.8. The van der Waals surface area contributed by atoms with E-state index in [4.69, 9.17) is 13.8 Å². The van der Waals surface area contributed by atoms with E-state index < -0.39 is 12.8 Å². The Morgan fingerprint density at radius 1 is 0.970 bits per heavy atom. The molecule has 0 saturated heterocycles. The molecule has 0 heterocycles. The molecule has 6 heteroatoms. The van der Waals surface area contributed by atoms with Crippen LogP contribution in [0.1, 0.15) is 97.4 Å². The van der Waals surface area contributed by atoms with Crippen LogP contribution in [0.25, 0.3) is 6.08 Å². The predicted molar refractivity (Wildman–Crippen MR) is 137 cm³/mol. The molecule has 0 aliphatic heterocycles. The summed E-state index contributed by atoms with van der Waals surface area (Å²) in [4.78, 5) is 13.4. The van der Waals surface area contributed by atoms with Gasteiger partial charge in [-0.2, -0.15) is 0 Å². The summed E-state index contributed by atoms with van der Waals surface area (Å²) in [5.74, 6) is 0.700. The van der Waals surface area contributed by atoms with Gasteiger partial charge in [0.25, 0.3) is 0 Å². The zero-order valence-electron chi connectivity index (χ0n) is 22.2. The third kappa shape index (κ3) is 6.18. The van der Waals surface area contributed by atoms with Crippen LogP contribution < -0.4 is 4.74 Å². The molecule has 0 radical (unpaired) electrons.